The number of carbonyl (C=O) groups excluding carboxylic acids is 1. The maximum absolute atomic E-state index is 11.7. The Morgan fingerprint density at radius 3 is 1.83 bits per heavy atom. The molecule has 0 bridgehead atoms. The van der Waals surface area contributed by atoms with E-state index in [1.807, 2.05) is 0 Å². The first-order chi connectivity index (χ1) is 11.2. The van der Waals surface area contributed by atoms with Crippen molar-refractivity contribution in [2.45, 2.75) is 104 Å². The van der Waals surface area contributed by atoms with Crippen LogP contribution in [-0.2, 0) is 9.53 Å². The molecule has 0 aromatic rings. The van der Waals surface area contributed by atoms with Crippen LogP contribution >= 0.6 is 15.9 Å². The van der Waals surface area contributed by atoms with E-state index in [-0.39, 0.29) is 5.97 Å². The van der Waals surface area contributed by atoms with Crippen LogP contribution in [0.4, 0.5) is 0 Å². The molecule has 0 spiro atoms. The van der Waals surface area contributed by atoms with Gasteiger partial charge in [0, 0.05) is 11.8 Å². The molecule has 0 aliphatic rings. The van der Waals surface area contributed by atoms with Gasteiger partial charge in [0.05, 0.1) is 6.61 Å². The molecule has 23 heavy (non-hydrogen) atoms. The Morgan fingerprint density at radius 1 is 0.826 bits per heavy atom. The van der Waals surface area contributed by atoms with Crippen molar-refractivity contribution in [3.05, 3.63) is 0 Å². The van der Waals surface area contributed by atoms with Gasteiger partial charge in [0.25, 0.3) is 0 Å². The first-order valence-electron chi connectivity index (χ1n) is 9.96. The second-order valence-corrected chi connectivity index (χ2v) is 7.54. The summed E-state index contributed by atoms with van der Waals surface area (Å²) in [4.78, 5) is 11.7. The summed E-state index contributed by atoms with van der Waals surface area (Å²) >= 11 is 3.36. The largest absolute Gasteiger partial charge is 0.465 e. The Labute approximate surface area is 153 Å². The molecule has 0 N–H and O–H groups in total. The number of hydrogen-bond donors (Lipinski definition) is 0. The van der Waals surface area contributed by atoms with Crippen LogP contribution in [0.5, 0.6) is 0 Å². The van der Waals surface area contributed by atoms with Crippen molar-refractivity contribution in [3.63, 3.8) is 0 Å². The molecule has 0 heterocycles. The molecule has 0 aromatic heterocycles. The zero-order chi connectivity index (χ0) is 17.2. The molecule has 0 rings (SSSR count). The molecule has 0 aliphatic heterocycles. The normalized spacial score (nSPS) is 11.1. The molecule has 0 unspecified atom stereocenters. The summed E-state index contributed by atoms with van der Waals surface area (Å²) in [5.74, 6) is 0.553. The average molecular weight is 391 g/mol. The lowest BCUT2D eigenvalue weighted by molar-refractivity contribution is -0.145. The van der Waals surface area contributed by atoms with Gasteiger partial charge >= 0.3 is 5.97 Å². The smallest absolute Gasteiger partial charge is 0.305 e. The number of unbranched alkanes of at least 4 members (excludes halogenated alkanes) is 8. The number of carbonyl (C=O) groups is 1. The fourth-order valence-corrected chi connectivity index (χ4v) is 3.16. The lowest BCUT2D eigenvalue weighted by atomic mass is 9.95. The zero-order valence-corrected chi connectivity index (χ0v) is 17.2. The van der Waals surface area contributed by atoms with E-state index in [2.05, 4.69) is 29.8 Å². The molecule has 0 aliphatic carbocycles. The number of halogens is 1. The second-order valence-electron chi connectivity index (χ2n) is 6.75. The highest BCUT2D eigenvalue weighted by atomic mass is 79.9. The first-order valence-corrected chi connectivity index (χ1v) is 11.1. The summed E-state index contributed by atoms with van der Waals surface area (Å²) < 4.78 is 5.50. The third kappa shape index (κ3) is 16.6. The van der Waals surface area contributed by atoms with E-state index in [4.69, 9.17) is 4.74 Å². The lowest BCUT2D eigenvalue weighted by Gasteiger charge is -2.17. The van der Waals surface area contributed by atoms with Crippen LogP contribution in [0, 0.1) is 5.92 Å². The predicted octanol–water partition coefficient (Wildman–Crippen LogP) is 7.04. The summed E-state index contributed by atoms with van der Waals surface area (Å²) in [6.07, 6.45) is 17.1. The standard InChI is InChI=1S/C20H39BrO2/c1-3-5-7-9-11-14-19(15-12-10-8-6-4-2)18-23-20(22)16-13-17-21/h19H,3-18H2,1-2H3. The fourth-order valence-electron chi connectivity index (χ4n) is 2.88. The highest BCUT2D eigenvalue weighted by Crippen LogP contribution is 2.19. The number of esters is 1. The van der Waals surface area contributed by atoms with Gasteiger partial charge in [-0.1, -0.05) is 94.0 Å². The monoisotopic (exact) mass is 390 g/mol. The van der Waals surface area contributed by atoms with Crippen molar-refractivity contribution in [3.8, 4) is 0 Å². The predicted molar refractivity (Wildman–Crippen MR) is 104 cm³/mol. The van der Waals surface area contributed by atoms with Crippen LogP contribution in [0.2, 0.25) is 0 Å². The van der Waals surface area contributed by atoms with E-state index in [9.17, 15) is 4.79 Å². The molecule has 0 amide bonds. The minimum atomic E-state index is -0.0218. The molecule has 0 saturated heterocycles. The molecule has 0 radical (unpaired) electrons. The number of hydrogen-bond acceptors (Lipinski definition) is 2. The van der Waals surface area contributed by atoms with Crippen LogP contribution in [0.1, 0.15) is 104 Å². The molecule has 138 valence electrons. The van der Waals surface area contributed by atoms with Gasteiger partial charge in [-0.3, -0.25) is 4.79 Å². The van der Waals surface area contributed by atoms with E-state index in [1.54, 1.807) is 0 Å². The minimum Gasteiger partial charge on any atom is -0.465 e. The van der Waals surface area contributed by atoms with Gasteiger partial charge in [0.2, 0.25) is 0 Å². The average Bonchev–Trinajstić information content (AvgIpc) is 2.56. The van der Waals surface area contributed by atoms with E-state index in [0.29, 0.717) is 18.9 Å². The van der Waals surface area contributed by atoms with Crippen LogP contribution < -0.4 is 0 Å². The van der Waals surface area contributed by atoms with E-state index >= 15 is 0 Å². The molecule has 0 saturated carbocycles. The maximum Gasteiger partial charge on any atom is 0.305 e. The maximum atomic E-state index is 11.7. The molecule has 2 nitrogen and oxygen atoms in total. The fraction of sp³-hybridized carbons (Fsp3) is 0.950. The third-order valence-electron chi connectivity index (χ3n) is 4.43. The van der Waals surface area contributed by atoms with Crippen molar-refractivity contribution in [1.82, 2.24) is 0 Å². The van der Waals surface area contributed by atoms with E-state index in [0.717, 1.165) is 11.8 Å². The molecule has 0 atom stereocenters. The number of alkyl halides is 1. The summed E-state index contributed by atoms with van der Waals surface area (Å²) in [6.45, 7) is 5.15. The Balaban J connectivity index is 3.92. The highest BCUT2D eigenvalue weighted by Gasteiger charge is 2.12. The topological polar surface area (TPSA) is 26.3 Å². The number of rotatable bonds is 17. The third-order valence-corrected chi connectivity index (χ3v) is 4.99. The molecular weight excluding hydrogens is 352 g/mol. The number of ether oxygens (including phenoxy) is 1. The molecule has 0 aromatic carbocycles. The van der Waals surface area contributed by atoms with Crippen molar-refractivity contribution >= 4 is 21.9 Å². The lowest BCUT2D eigenvalue weighted by Crippen LogP contribution is -2.14. The van der Waals surface area contributed by atoms with Gasteiger partial charge in [-0.2, -0.15) is 0 Å². The van der Waals surface area contributed by atoms with Crippen molar-refractivity contribution in [2.75, 3.05) is 11.9 Å². The van der Waals surface area contributed by atoms with Gasteiger partial charge in [0.15, 0.2) is 0 Å². The van der Waals surface area contributed by atoms with Gasteiger partial charge < -0.3 is 4.74 Å². The summed E-state index contributed by atoms with van der Waals surface area (Å²) in [6, 6.07) is 0. The Kier molecular flexibility index (Phi) is 18.3. The van der Waals surface area contributed by atoms with Crippen molar-refractivity contribution < 1.29 is 9.53 Å². The van der Waals surface area contributed by atoms with Crippen LogP contribution in [0.25, 0.3) is 0 Å². The molecule has 3 heteroatoms. The quantitative estimate of drug-likeness (QED) is 0.151. The zero-order valence-electron chi connectivity index (χ0n) is 15.6. The molecule has 0 fully saturated rings. The van der Waals surface area contributed by atoms with Crippen LogP contribution in [0.3, 0.4) is 0 Å². The summed E-state index contributed by atoms with van der Waals surface area (Å²) in [5.41, 5.74) is 0. The Bertz CT molecular complexity index is 242. The highest BCUT2D eigenvalue weighted by molar-refractivity contribution is 9.09. The van der Waals surface area contributed by atoms with Crippen LogP contribution in [-0.4, -0.2) is 17.9 Å². The van der Waals surface area contributed by atoms with Gasteiger partial charge in [-0.05, 0) is 25.2 Å². The first kappa shape index (κ1) is 22.9. The molecular formula is C20H39BrO2. The SMILES string of the molecule is CCCCCCCC(CCCCCCC)COC(=O)CCCBr. The van der Waals surface area contributed by atoms with Crippen molar-refractivity contribution in [1.29, 1.82) is 0 Å². The van der Waals surface area contributed by atoms with Crippen molar-refractivity contribution in [2.24, 2.45) is 5.92 Å². The van der Waals surface area contributed by atoms with Crippen LogP contribution in [0.15, 0.2) is 0 Å². The van der Waals surface area contributed by atoms with Gasteiger partial charge in [-0.25, -0.2) is 0 Å². The van der Waals surface area contributed by atoms with Gasteiger partial charge in [0.1, 0.15) is 0 Å². The van der Waals surface area contributed by atoms with E-state index < -0.39 is 0 Å². The Morgan fingerprint density at radius 2 is 1.35 bits per heavy atom. The van der Waals surface area contributed by atoms with Gasteiger partial charge in [-0.15, -0.1) is 0 Å². The summed E-state index contributed by atoms with van der Waals surface area (Å²) in [7, 11) is 0. The van der Waals surface area contributed by atoms with E-state index in [1.165, 1.54) is 77.0 Å². The Hall–Kier alpha value is -0.0500. The minimum absolute atomic E-state index is 0.0218. The second kappa shape index (κ2) is 18.3. The summed E-state index contributed by atoms with van der Waals surface area (Å²) in [5, 5.41) is 0.875.